The number of halogens is 1. The number of aromatic amines is 1. The number of hydrogen-bond acceptors (Lipinski definition) is 6. The van der Waals surface area contributed by atoms with Gasteiger partial charge in [0.15, 0.2) is 0 Å². The van der Waals surface area contributed by atoms with Crippen LogP contribution in [0.25, 0.3) is 10.9 Å². The van der Waals surface area contributed by atoms with Crippen LogP contribution in [-0.4, -0.2) is 45.8 Å². The quantitative estimate of drug-likeness (QED) is 0.220. The van der Waals surface area contributed by atoms with E-state index in [1.807, 2.05) is 19.9 Å². The van der Waals surface area contributed by atoms with E-state index in [1.54, 1.807) is 30.3 Å². The molecule has 39 heavy (non-hydrogen) atoms. The van der Waals surface area contributed by atoms with Gasteiger partial charge in [0.1, 0.15) is 15.5 Å². The minimum absolute atomic E-state index is 0.0596. The number of nitrogens with one attached hydrogen (secondary N) is 3. The molecule has 0 aliphatic carbocycles. The maximum atomic E-state index is 13.8. The van der Waals surface area contributed by atoms with Crippen molar-refractivity contribution in [3.8, 4) is 0 Å². The lowest BCUT2D eigenvalue weighted by molar-refractivity contribution is 0.0945. The first kappa shape index (κ1) is 28.8. The van der Waals surface area contributed by atoms with Gasteiger partial charge in [-0.2, -0.15) is 0 Å². The molecule has 0 atom stereocenters. The van der Waals surface area contributed by atoms with Gasteiger partial charge in [0.05, 0.1) is 4.90 Å². The van der Waals surface area contributed by atoms with Crippen molar-refractivity contribution in [1.82, 2.24) is 20.0 Å². The summed E-state index contributed by atoms with van der Waals surface area (Å²) in [6.07, 6.45) is 4.56. The number of fused-ring (bicyclic) bond motifs is 1. The molecule has 3 N–H and O–H groups in total. The van der Waals surface area contributed by atoms with Crippen LogP contribution < -0.4 is 10.0 Å². The van der Waals surface area contributed by atoms with E-state index in [9.17, 15) is 21.6 Å². The Hall–Kier alpha value is -3.25. The Morgan fingerprint density at radius 2 is 1.64 bits per heavy atom. The number of sulfone groups is 1. The zero-order valence-electron chi connectivity index (χ0n) is 21.5. The van der Waals surface area contributed by atoms with Crippen molar-refractivity contribution in [3.63, 3.8) is 0 Å². The van der Waals surface area contributed by atoms with Crippen LogP contribution in [0.5, 0.6) is 0 Å². The number of carbonyl (C=O) groups excluding carboxylic acids is 1. The molecule has 0 radical (unpaired) electrons. The van der Waals surface area contributed by atoms with Crippen LogP contribution in [0.1, 0.15) is 40.9 Å². The average molecular weight is 589 g/mol. The largest absolute Gasteiger partial charge is 0.351 e. The van der Waals surface area contributed by atoms with Crippen molar-refractivity contribution in [2.45, 2.75) is 47.8 Å². The second kappa shape index (κ2) is 11.9. The van der Waals surface area contributed by atoms with E-state index in [-0.39, 0.29) is 33.5 Å². The molecule has 0 saturated carbocycles. The predicted molar refractivity (Wildman–Crippen MR) is 150 cm³/mol. The fraction of sp³-hybridized carbons (Fsp3) is 0.259. The third kappa shape index (κ3) is 6.67. The molecule has 1 amide bonds. The molecule has 206 valence electrons. The first-order valence-corrected chi connectivity index (χ1v) is 15.7. The highest BCUT2D eigenvalue weighted by Gasteiger charge is 2.30. The fourth-order valence-electron chi connectivity index (χ4n) is 4.30. The number of pyridine rings is 1. The van der Waals surface area contributed by atoms with Gasteiger partial charge in [-0.1, -0.05) is 24.1 Å². The highest BCUT2D eigenvalue weighted by atomic mass is 35.5. The van der Waals surface area contributed by atoms with E-state index in [2.05, 4.69) is 20.0 Å². The van der Waals surface area contributed by atoms with Crippen LogP contribution in [0.4, 0.5) is 0 Å². The van der Waals surface area contributed by atoms with E-state index in [1.165, 1.54) is 24.5 Å². The predicted octanol–water partition coefficient (Wildman–Crippen LogP) is 4.54. The second-order valence-corrected chi connectivity index (χ2v) is 13.3. The molecule has 12 heteroatoms. The summed E-state index contributed by atoms with van der Waals surface area (Å²) in [5.74, 6) is -0.553. The Balaban J connectivity index is 1.43. The number of H-pyrrole nitrogens is 1. The summed E-state index contributed by atoms with van der Waals surface area (Å²) in [5.41, 5.74) is 2.00. The van der Waals surface area contributed by atoms with Gasteiger partial charge in [0.25, 0.3) is 5.91 Å². The number of unbranched alkanes of at least 4 members (excludes halogenated alkanes) is 2. The van der Waals surface area contributed by atoms with E-state index in [0.717, 1.165) is 11.1 Å². The number of aromatic nitrogens is 2. The van der Waals surface area contributed by atoms with Crippen LogP contribution in [-0.2, 0) is 19.9 Å². The lowest BCUT2D eigenvalue weighted by Crippen LogP contribution is -2.27. The van der Waals surface area contributed by atoms with Gasteiger partial charge >= 0.3 is 0 Å². The molecule has 0 aliphatic heterocycles. The van der Waals surface area contributed by atoms with Gasteiger partial charge in [-0.05, 0) is 80.3 Å². The summed E-state index contributed by atoms with van der Waals surface area (Å²) in [5, 5.41) is 3.47. The summed E-state index contributed by atoms with van der Waals surface area (Å²) < 4.78 is 54.6. The number of rotatable bonds is 11. The molecule has 2 aromatic heterocycles. The molecular formula is C27H29ClN4O5S2. The summed E-state index contributed by atoms with van der Waals surface area (Å²) >= 11 is 6.18. The van der Waals surface area contributed by atoms with Crippen LogP contribution in [0.15, 0.2) is 75.6 Å². The van der Waals surface area contributed by atoms with E-state index < -0.39 is 25.8 Å². The molecule has 0 unspecified atom stereocenters. The smallest absolute Gasteiger partial charge is 0.269 e. The van der Waals surface area contributed by atoms with Crippen LogP contribution in [0.3, 0.4) is 0 Å². The highest BCUT2D eigenvalue weighted by molar-refractivity contribution is 7.91. The van der Waals surface area contributed by atoms with Crippen molar-refractivity contribution in [2.24, 2.45) is 0 Å². The van der Waals surface area contributed by atoms with Gasteiger partial charge in [0, 0.05) is 41.4 Å². The number of nitrogens with zero attached hydrogens (tertiary/aromatic N) is 1. The molecule has 0 saturated heterocycles. The fourth-order valence-corrected chi connectivity index (χ4v) is 7.30. The first-order valence-electron chi connectivity index (χ1n) is 12.3. The highest BCUT2D eigenvalue weighted by Crippen LogP contribution is 2.34. The first-order chi connectivity index (χ1) is 18.5. The van der Waals surface area contributed by atoms with E-state index in [4.69, 9.17) is 11.6 Å². The number of aryl methyl sites for hydroxylation is 2. The van der Waals surface area contributed by atoms with Crippen LogP contribution in [0.2, 0.25) is 5.02 Å². The molecule has 2 aromatic carbocycles. The van der Waals surface area contributed by atoms with Crippen molar-refractivity contribution >= 4 is 48.3 Å². The normalized spacial score (nSPS) is 12.1. The summed E-state index contributed by atoms with van der Waals surface area (Å²) in [6, 6.07) is 12.9. The SMILES string of the molecule is Cc1cc(C)cc(S(=O)(=O)c2c(C(=O)NCCCCCNS(=O)(=O)c3cccnc3)[nH]c3ccc(Cl)cc23)c1. The monoisotopic (exact) mass is 588 g/mol. The zero-order chi connectivity index (χ0) is 28.2. The third-order valence-electron chi connectivity index (χ3n) is 6.09. The van der Waals surface area contributed by atoms with Gasteiger partial charge in [-0.3, -0.25) is 9.78 Å². The minimum atomic E-state index is -4.06. The van der Waals surface area contributed by atoms with Crippen LogP contribution in [0, 0.1) is 13.8 Å². The number of hydrogen-bond donors (Lipinski definition) is 3. The van der Waals surface area contributed by atoms with Gasteiger partial charge in [-0.25, -0.2) is 21.6 Å². The number of benzene rings is 2. The summed E-state index contributed by atoms with van der Waals surface area (Å²) in [6.45, 7) is 4.16. The Kier molecular flexibility index (Phi) is 8.75. The van der Waals surface area contributed by atoms with Crippen molar-refractivity contribution in [2.75, 3.05) is 13.1 Å². The molecule has 4 aromatic rings. The molecule has 0 spiro atoms. The molecule has 4 rings (SSSR count). The minimum Gasteiger partial charge on any atom is -0.351 e. The van der Waals surface area contributed by atoms with Crippen molar-refractivity contribution < 1.29 is 21.6 Å². The molecule has 0 bridgehead atoms. The Morgan fingerprint density at radius 3 is 2.33 bits per heavy atom. The number of carbonyl (C=O) groups is 1. The zero-order valence-corrected chi connectivity index (χ0v) is 23.9. The van der Waals surface area contributed by atoms with Crippen molar-refractivity contribution in [3.05, 3.63) is 82.8 Å². The van der Waals surface area contributed by atoms with Gasteiger partial charge in [-0.15, -0.1) is 0 Å². The molecule has 9 nitrogen and oxygen atoms in total. The maximum Gasteiger partial charge on any atom is 0.269 e. The summed E-state index contributed by atoms with van der Waals surface area (Å²) in [4.78, 5) is 20.0. The lowest BCUT2D eigenvalue weighted by Gasteiger charge is -2.10. The Morgan fingerprint density at radius 1 is 0.923 bits per heavy atom. The number of sulfonamides is 1. The lowest BCUT2D eigenvalue weighted by atomic mass is 10.2. The average Bonchev–Trinajstić information content (AvgIpc) is 3.27. The standard InChI is InChI=1S/C27H29ClN4O5S2/c1-18-13-19(2)15-22(14-18)38(34,35)26-23-16-20(28)8-9-24(23)32-25(26)27(33)30-11-4-3-5-12-31-39(36,37)21-7-6-10-29-17-21/h6-10,13-17,31-32H,3-5,11-12H2,1-2H3,(H,30,33). The van der Waals surface area contributed by atoms with E-state index in [0.29, 0.717) is 35.2 Å². The molecule has 0 aliphatic rings. The summed E-state index contributed by atoms with van der Waals surface area (Å²) in [7, 11) is -7.68. The number of amides is 1. The van der Waals surface area contributed by atoms with Crippen molar-refractivity contribution in [1.29, 1.82) is 0 Å². The van der Waals surface area contributed by atoms with Crippen LogP contribution >= 0.6 is 11.6 Å². The topological polar surface area (TPSA) is 138 Å². The third-order valence-corrected chi connectivity index (χ3v) is 9.59. The van der Waals surface area contributed by atoms with E-state index >= 15 is 0 Å². The Labute approximate surface area is 233 Å². The van der Waals surface area contributed by atoms with Gasteiger partial charge in [0.2, 0.25) is 19.9 Å². The molecular weight excluding hydrogens is 560 g/mol. The molecule has 0 fully saturated rings. The van der Waals surface area contributed by atoms with Gasteiger partial charge < -0.3 is 10.3 Å². The second-order valence-electron chi connectivity index (χ2n) is 9.25. The molecule has 2 heterocycles. The Bertz CT molecular complexity index is 1700. The maximum absolute atomic E-state index is 13.8.